The molecule has 2 aromatic rings. The Bertz CT molecular complexity index is 603. The van der Waals surface area contributed by atoms with Gasteiger partial charge in [0.2, 0.25) is 0 Å². The summed E-state index contributed by atoms with van der Waals surface area (Å²) in [7, 11) is 2.79. The zero-order valence-electron chi connectivity index (χ0n) is 11.0. The second-order valence-corrected chi connectivity index (χ2v) is 4.15. The molecule has 0 fully saturated rings. The minimum absolute atomic E-state index is 0.0202. The van der Waals surface area contributed by atoms with Crippen LogP contribution < -0.4 is 20.9 Å². The van der Waals surface area contributed by atoms with Crippen molar-refractivity contribution in [2.75, 3.05) is 25.7 Å². The Labute approximate surface area is 114 Å². The van der Waals surface area contributed by atoms with Gasteiger partial charge in [0.05, 0.1) is 25.6 Å². The van der Waals surface area contributed by atoms with E-state index >= 15 is 0 Å². The van der Waals surface area contributed by atoms with Crippen molar-refractivity contribution >= 4 is 11.4 Å². The summed E-state index contributed by atoms with van der Waals surface area (Å²) in [6, 6.07) is 4.82. The molecule has 0 atom stereocenters. The van der Waals surface area contributed by atoms with Crippen LogP contribution in [0, 0.1) is 11.6 Å². The molecule has 0 bridgehead atoms. The van der Waals surface area contributed by atoms with Crippen molar-refractivity contribution in [3.8, 4) is 22.6 Å². The third-order valence-corrected chi connectivity index (χ3v) is 2.93. The maximum absolute atomic E-state index is 14.0. The number of hydrogen-bond donors (Lipinski definition) is 2. The molecule has 0 aliphatic rings. The average Bonchev–Trinajstić information content (AvgIpc) is 2.40. The van der Waals surface area contributed by atoms with Crippen LogP contribution in [0.25, 0.3) is 11.1 Å². The molecular formula is C14H14F2N2O2. The minimum Gasteiger partial charge on any atom is -0.495 e. The number of nitrogen functional groups attached to an aromatic ring is 2. The number of benzene rings is 2. The molecule has 106 valence electrons. The van der Waals surface area contributed by atoms with E-state index in [1.807, 2.05) is 0 Å². The van der Waals surface area contributed by atoms with Gasteiger partial charge in [-0.3, -0.25) is 0 Å². The average molecular weight is 280 g/mol. The molecule has 0 saturated carbocycles. The Balaban J connectivity index is 2.67. The van der Waals surface area contributed by atoms with Crippen LogP contribution in [0.15, 0.2) is 24.3 Å². The van der Waals surface area contributed by atoms with E-state index in [4.69, 9.17) is 20.9 Å². The first-order chi connectivity index (χ1) is 9.47. The van der Waals surface area contributed by atoms with Crippen LogP contribution in [0.5, 0.6) is 11.5 Å². The van der Waals surface area contributed by atoms with Gasteiger partial charge in [-0.1, -0.05) is 0 Å². The monoisotopic (exact) mass is 280 g/mol. The van der Waals surface area contributed by atoms with Crippen LogP contribution in [0.4, 0.5) is 20.2 Å². The van der Waals surface area contributed by atoms with E-state index in [0.717, 1.165) is 12.1 Å². The Morgan fingerprint density at radius 3 is 1.40 bits per heavy atom. The van der Waals surface area contributed by atoms with Crippen LogP contribution in [-0.4, -0.2) is 14.2 Å². The maximum Gasteiger partial charge on any atom is 0.142 e. The van der Waals surface area contributed by atoms with Crippen molar-refractivity contribution in [3.05, 3.63) is 35.9 Å². The molecular weight excluding hydrogens is 266 g/mol. The van der Waals surface area contributed by atoms with Gasteiger partial charge in [-0.25, -0.2) is 8.78 Å². The highest BCUT2D eigenvalue weighted by atomic mass is 19.1. The number of hydrogen-bond acceptors (Lipinski definition) is 4. The quantitative estimate of drug-likeness (QED) is 0.848. The highest BCUT2D eigenvalue weighted by Crippen LogP contribution is 2.36. The molecule has 4 N–H and O–H groups in total. The van der Waals surface area contributed by atoms with E-state index in [9.17, 15) is 8.78 Å². The fourth-order valence-electron chi connectivity index (χ4n) is 1.90. The van der Waals surface area contributed by atoms with Crippen LogP contribution in [-0.2, 0) is 0 Å². The Kier molecular flexibility index (Phi) is 3.65. The van der Waals surface area contributed by atoms with Gasteiger partial charge in [0.15, 0.2) is 0 Å². The van der Waals surface area contributed by atoms with Gasteiger partial charge in [-0.05, 0) is 12.1 Å². The van der Waals surface area contributed by atoms with Gasteiger partial charge < -0.3 is 20.9 Å². The fourth-order valence-corrected chi connectivity index (χ4v) is 1.90. The summed E-state index contributed by atoms with van der Waals surface area (Å²) in [6.45, 7) is 0. The highest BCUT2D eigenvalue weighted by molar-refractivity contribution is 5.74. The predicted molar refractivity (Wildman–Crippen MR) is 73.7 cm³/mol. The summed E-state index contributed by atoms with van der Waals surface area (Å²) in [5.41, 5.74) is 11.5. The standard InChI is InChI=1S/C14H14F2N2O2/c1-19-13-3-7(9(15)5-11(13)17)8-4-14(20-2)12(18)6-10(8)16/h3-6H,17-18H2,1-2H3. The van der Waals surface area contributed by atoms with Crippen LogP contribution in [0.2, 0.25) is 0 Å². The summed E-state index contributed by atoms with van der Waals surface area (Å²) >= 11 is 0. The van der Waals surface area contributed by atoms with Gasteiger partial charge in [0, 0.05) is 23.3 Å². The third-order valence-electron chi connectivity index (χ3n) is 2.93. The molecule has 0 amide bonds. The Morgan fingerprint density at radius 1 is 0.750 bits per heavy atom. The normalized spacial score (nSPS) is 10.4. The number of anilines is 2. The van der Waals surface area contributed by atoms with Crippen molar-refractivity contribution in [2.45, 2.75) is 0 Å². The van der Waals surface area contributed by atoms with E-state index < -0.39 is 11.6 Å². The van der Waals surface area contributed by atoms with E-state index in [-0.39, 0.29) is 34.0 Å². The van der Waals surface area contributed by atoms with E-state index in [1.165, 1.54) is 26.4 Å². The Morgan fingerprint density at radius 2 is 1.10 bits per heavy atom. The first-order valence-electron chi connectivity index (χ1n) is 5.74. The van der Waals surface area contributed by atoms with E-state index in [2.05, 4.69) is 0 Å². The molecule has 0 aromatic heterocycles. The van der Waals surface area contributed by atoms with Crippen molar-refractivity contribution in [3.63, 3.8) is 0 Å². The topological polar surface area (TPSA) is 70.5 Å². The second kappa shape index (κ2) is 5.24. The molecule has 6 heteroatoms. The highest BCUT2D eigenvalue weighted by Gasteiger charge is 2.16. The number of ether oxygens (including phenoxy) is 2. The minimum atomic E-state index is -0.658. The van der Waals surface area contributed by atoms with Crippen LogP contribution in [0.3, 0.4) is 0 Å². The van der Waals surface area contributed by atoms with Gasteiger partial charge in [0.1, 0.15) is 23.1 Å². The molecule has 0 spiro atoms. The zero-order valence-corrected chi connectivity index (χ0v) is 11.0. The molecule has 2 aromatic carbocycles. The van der Waals surface area contributed by atoms with E-state index in [1.54, 1.807) is 0 Å². The molecule has 4 nitrogen and oxygen atoms in total. The van der Waals surface area contributed by atoms with E-state index in [0.29, 0.717) is 0 Å². The van der Waals surface area contributed by atoms with Gasteiger partial charge in [0.25, 0.3) is 0 Å². The molecule has 0 aliphatic heterocycles. The smallest absolute Gasteiger partial charge is 0.142 e. The molecule has 0 aliphatic carbocycles. The Hall–Kier alpha value is -2.50. The summed E-state index contributed by atoms with van der Waals surface area (Å²) < 4.78 is 38.0. The lowest BCUT2D eigenvalue weighted by Gasteiger charge is -2.12. The predicted octanol–water partition coefficient (Wildman–Crippen LogP) is 2.81. The number of halogens is 2. The third kappa shape index (κ3) is 2.32. The number of rotatable bonds is 3. The van der Waals surface area contributed by atoms with Crippen LogP contribution >= 0.6 is 0 Å². The lowest BCUT2D eigenvalue weighted by molar-refractivity contribution is 0.415. The number of methoxy groups -OCH3 is 2. The zero-order chi connectivity index (χ0) is 14.9. The van der Waals surface area contributed by atoms with Crippen LogP contribution in [0.1, 0.15) is 0 Å². The molecule has 0 saturated heterocycles. The largest absolute Gasteiger partial charge is 0.495 e. The first kappa shape index (κ1) is 13.9. The molecule has 0 radical (unpaired) electrons. The van der Waals surface area contributed by atoms with Crippen molar-refractivity contribution in [1.29, 1.82) is 0 Å². The van der Waals surface area contributed by atoms with Crippen molar-refractivity contribution in [1.82, 2.24) is 0 Å². The lowest BCUT2D eigenvalue weighted by atomic mass is 10.0. The molecule has 2 rings (SSSR count). The molecule has 0 unspecified atom stereocenters. The van der Waals surface area contributed by atoms with Crippen molar-refractivity contribution < 1.29 is 18.3 Å². The van der Waals surface area contributed by atoms with Crippen molar-refractivity contribution in [2.24, 2.45) is 0 Å². The molecule has 0 heterocycles. The lowest BCUT2D eigenvalue weighted by Crippen LogP contribution is -1.99. The number of nitrogens with two attached hydrogens (primary N) is 2. The summed E-state index contributed by atoms with van der Waals surface area (Å²) in [5.74, 6) is -0.795. The van der Waals surface area contributed by atoms with Gasteiger partial charge >= 0.3 is 0 Å². The van der Waals surface area contributed by atoms with Gasteiger partial charge in [-0.15, -0.1) is 0 Å². The fraction of sp³-hybridized carbons (Fsp3) is 0.143. The summed E-state index contributed by atoms with van der Waals surface area (Å²) in [6.07, 6.45) is 0. The second-order valence-electron chi connectivity index (χ2n) is 4.15. The first-order valence-corrected chi connectivity index (χ1v) is 5.74. The molecule has 20 heavy (non-hydrogen) atoms. The SMILES string of the molecule is COc1cc(-c2cc(OC)c(N)cc2F)c(F)cc1N. The maximum atomic E-state index is 14.0. The summed E-state index contributed by atoms with van der Waals surface area (Å²) in [4.78, 5) is 0. The van der Waals surface area contributed by atoms with Gasteiger partial charge in [-0.2, -0.15) is 0 Å². The summed E-state index contributed by atoms with van der Waals surface area (Å²) in [5, 5.41) is 0.